The summed E-state index contributed by atoms with van der Waals surface area (Å²) in [6.45, 7) is 1.86. The van der Waals surface area contributed by atoms with Crippen LogP contribution in [0, 0.1) is 17.7 Å². The van der Waals surface area contributed by atoms with Crippen LogP contribution >= 0.6 is 23.2 Å². The predicted octanol–water partition coefficient (Wildman–Crippen LogP) is 2.13. The summed E-state index contributed by atoms with van der Waals surface area (Å²) < 4.78 is 0. The second-order valence-corrected chi connectivity index (χ2v) is 3.93. The number of nitrogens with one attached hydrogen (secondary N) is 4. The van der Waals surface area contributed by atoms with Crippen molar-refractivity contribution in [1.29, 1.82) is 10.8 Å². The molecule has 5 nitrogen and oxygen atoms in total. The zero-order valence-electron chi connectivity index (χ0n) is 8.49. The van der Waals surface area contributed by atoms with Gasteiger partial charge in [0.15, 0.2) is 11.9 Å². The minimum atomic E-state index is -0.327. The topological polar surface area (TPSA) is 97.8 Å². The Bertz CT molecular complexity index is 444. The summed E-state index contributed by atoms with van der Waals surface area (Å²) in [4.78, 5) is 0. The van der Waals surface area contributed by atoms with E-state index < -0.39 is 0 Å². The van der Waals surface area contributed by atoms with Gasteiger partial charge in [-0.15, -0.1) is 0 Å². The lowest BCUT2D eigenvalue weighted by Gasteiger charge is -2.11. The van der Waals surface area contributed by atoms with Gasteiger partial charge in [-0.3, -0.25) is 16.1 Å². The molecule has 0 radical (unpaired) electrons. The van der Waals surface area contributed by atoms with Crippen LogP contribution in [0.3, 0.4) is 0 Å². The smallest absolute Gasteiger partial charge is 0.199 e. The molecule has 0 aliphatic heterocycles. The Morgan fingerprint density at radius 2 is 1.94 bits per heavy atom. The fraction of sp³-hybridized carbons (Fsp3) is 0.111. The highest BCUT2D eigenvalue weighted by molar-refractivity contribution is 6.44. The molecule has 0 fully saturated rings. The van der Waals surface area contributed by atoms with Crippen molar-refractivity contribution in [2.75, 3.05) is 5.32 Å². The van der Waals surface area contributed by atoms with E-state index in [0.29, 0.717) is 15.7 Å². The van der Waals surface area contributed by atoms with Crippen molar-refractivity contribution >= 4 is 40.8 Å². The van der Waals surface area contributed by atoms with Gasteiger partial charge in [0, 0.05) is 0 Å². The Labute approximate surface area is 103 Å². The Morgan fingerprint density at radius 1 is 1.31 bits per heavy atom. The molecule has 0 saturated carbocycles. The summed E-state index contributed by atoms with van der Waals surface area (Å²) >= 11 is 11.8. The SMILES string of the molecule is Cc1cc(Cl)c(Cl)c(NC(=N)NC(=N)N)c1. The number of aryl methyl sites for hydroxylation is 1. The Morgan fingerprint density at radius 3 is 2.50 bits per heavy atom. The van der Waals surface area contributed by atoms with Crippen LogP contribution < -0.4 is 16.4 Å². The zero-order valence-corrected chi connectivity index (χ0v) is 10.00. The first-order chi connectivity index (χ1) is 7.40. The van der Waals surface area contributed by atoms with Gasteiger partial charge in [0.05, 0.1) is 15.7 Å². The second kappa shape index (κ2) is 5.05. The van der Waals surface area contributed by atoms with Crippen LogP contribution in [0.5, 0.6) is 0 Å². The molecule has 1 aromatic carbocycles. The van der Waals surface area contributed by atoms with Crippen molar-refractivity contribution in [3.63, 3.8) is 0 Å². The van der Waals surface area contributed by atoms with Gasteiger partial charge in [-0.25, -0.2) is 0 Å². The molecule has 0 spiro atoms. The second-order valence-electron chi connectivity index (χ2n) is 3.15. The third-order valence-electron chi connectivity index (χ3n) is 1.69. The van der Waals surface area contributed by atoms with Crippen LogP contribution in [0.15, 0.2) is 12.1 Å². The lowest BCUT2D eigenvalue weighted by Crippen LogP contribution is -2.39. The molecule has 7 heteroatoms. The van der Waals surface area contributed by atoms with Gasteiger partial charge in [0.2, 0.25) is 0 Å². The minimum absolute atomic E-state index is 0.143. The van der Waals surface area contributed by atoms with Crippen LogP contribution in [-0.2, 0) is 0 Å². The molecule has 0 saturated heterocycles. The summed E-state index contributed by atoms with van der Waals surface area (Å²) in [6.07, 6.45) is 0. The average Bonchev–Trinajstić information content (AvgIpc) is 2.11. The quantitative estimate of drug-likeness (QED) is 0.395. The number of benzene rings is 1. The van der Waals surface area contributed by atoms with Gasteiger partial charge in [0.1, 0.15) is 0 Å². The van der Waals surface area contributed by atoms with Crippen LogP contribution in [0.1, 0.15) is 5.56 Å². The molecule has 0 atom stereocenters. The largest absolute Gasteiger partial charge is 0.370 e. The monoisotopic (exact) mass is 259 g/mol. The van der Waals surface area contributed by atoms with E-state index in [1.165, 1.54) is 0 Å². The van der Waals surface area contributed by atoms with Crippen molar-refractivity contribution in [2.45, 2.75) is 6.92 Å². The average molecular weight is 260 g/mol. The molecule has 1 rings (SSSR count). The van der Waals surface area contributed by atoms with Gasteiger partial charge in [-0.1, -0.05) is 23.2 Å². The number of nitrogens with two attached hydrogens (primary N) is 1. The van der Waals surface area contributed by atoms with E-state index in [9.17, 15) is 0 Å². The van der Waals surface area contributed by atoms with Gasteiger partial charge in [-0.05, 0) is 24.6 Å². The number of halogens is 2. The Kier molecular flexibility index (Phi) is 3.98. The van der Waals surface area contributed by atoms with Gasteiger partial charge < -0.3 is 11.1 Å². The molecule has 6 N–H and O–H groups in total. The summed E-state index contributed by atoms with van der Waals surface area (Å²) in [7, 11) is 0. The van der Waals surface area contributed by atoms with E-state index in [4.69, 9.17) is 39.8 Å². The fourth-order valence-corrected chi connectivity index (χ4v) is 1.55. The lowest BCUT2D eigenvalue weighted by atomic mass is 10.2. The molecule has 86 valence electrons. The van der Waals surface area contributed by atoms with Crippen molar-refractivity contribution in [1.82, 2.24) is 5.32 Å². The first-order valence-electron chi connectivity index (χ1n) is 4.32. The Balaban J connectivity index is 2.89. The number of hydrogen-bond donors (Lipinski definition) is 5. The van der Waals surface area contributed by atoms with Crippen molar-refractivity contribution in [3.8, 4) is 0 Å². The predicted molar refractivity (Wildman–Crippen MR) is 67.6 cm³/mol. The maximum Gasteiger partial charge on any atom is 0.199 e. The van der Waals surface area contributed by atoms with Gasteiger partial charge in [0.25, 0.3) is 0 Å². The summed E-state index contributed by atoms with van der Waals surface area (Å²) in [5.41, 5.74) is 6.48. The van der Waals surface area contributed by atoms with Crippen LogP contribution in [0.25, 0.3) is 0 Å². The normalized spacial score (nSPS) is 9.69. The van der Waals surface area contributed by atoms with Gasteiger partial charge in [-0.2, -0.15) is 0 Å². The van der Waals surface area contributed by atoms with E-state index in [0.717, 1.165) is 5.56 Å². The molecule has 0 aliphatic rings. The van der Waals surface area contributed by atoms with E-state index in [1.54, 1.807) is 12.1 Å². The number of anilines is 1. The summed E-state index contributed by atoms with van der Waals surface area (Å²) in [5.74, 6) is -0.469. The summed E-state index contributed by atoms with van der Waals surface area (Å²) in [6, 6.07) is 3.46. The molecule has 0 heterocycles. The number of guanidine groups is 2. The third kappa shape index (κ3) is 3.29. The number of hydrogen-bond acceptors (Lipinski definition) is 2. The zero-order chi connectivity index (χ0) is 12.3. The first-order valence-corrected chi connectivity index (χ1v) is 5.08. The highest BCUT2D eigenvalue weighted by Crippen LogP contribution is 2.31. The number of rotatable bonds is 1. The molecule has 0 unspecified atom stereocenters. The minimum Gasteiger partial charge on any atom is -0.370 e. The molecular formula is C9H11Cl2N5. The fourth-order valence-electron chi connectivity index (χ4n) is 1.12. The van der Waals surface area contributed by atoms with Crippen molar-refractivity contribution in [3.05, 3.63) is 27.7 Å². The molecule has 0 aliphatic carbocycles. The van der Waals surface area contributed by atoms with E-state index in [1.807, 2.05) is 6.92 Å². The van der Waals surface area contributed by atoms with Crippen LogP contribution in [0.2, 0.25) is 10.0 Å². The van der Waals surface area contributed by atoms with Crippen molar-refractivity contribution < 1.29 is 0 Å². The van der Waals surface area contributed by atoms with E-state index in [-0.39, 0.29) is 11.9 Å². The van der Waals surface area contributed by atoms with Crippen molar-refractivity contribution in [2.24, 2.45) is 5.73 Å². The van der Waals surface area contributed by atoms with Crippen LogP contribution in [0.4, 0.5) is 5.69 Å². The van der Waals surface area contributed by atoms with Gasteiger partial charge >= 0.3 is 0 Å². The molecule has 0 amide bonds. The summed E-state index contributed by atoms with van der Waals surface area (Å²) in [5, 5.41) is 20.1. The van der Waals surface area contributed by atoms with E-state index >= 15 is 0 Å². The lowest BCUT2D eigenvalue weighted by molar-refractivity contribution is 1.20. The Hall–Kier alpha value is -1.46. The molecule has 1 aromatic rings. The molecule has 0 bridgehead atoms. The first kappa shape index (κ1) is 12.6. The highest BCUT2D eigenvalue weighted by Gasteiger charge is 2.07. The van der Waals surface area contributed by atoms with Crippen LogP contribution in [-0.4, -0.2) is 11.9 Å². The third-order valence-corrected chi connectivity index (χ3v) is 2.49. The molecular weight excluding hydrogens is 249 g/mol. The standard InChI is InChI=1S/C9H11Cl2N5/c1-4-2-5(10)7(11)6(3-4)15-9(14)16-8(12)13/h2-3H,1H3,(H6,12,13,14,15,16). The maximum atomic E-state index is 7.45. The molecule has 0 aromatic heterocycles. The molecule has 16 heavy (non-hydrogen) atoms. The van der Waals surface area contributed by atoms with E-state index in [2.05, 4.69) is 10.6 Å². The maximum absolute atomic E-state index is 7.45. The highest BCUT2D eigenvalue weighted by atomic mass is 35.5.